The molecule has 0 aliphatic heterocycles. The molecule has 12 rings (SSSR count). The van der Waals surface area contributed by atoms with Gasteiger partial charge in [0.15, 0.2) is 5.82 Å². The summed E-state index contributed by atoms with van der Waals surface area (Å²) in [6.45, 7) is 4.66. The van der Waals surface area contributed by atoms with Gasteiger partial charge in [0, 0.05) is 22.1 Å². The van der Waals surface area contributed by atoms with Crippen molar-refractivity contribution in [1.82, 2.24) is 9.97 Å². The normalized spacial score (nSPS) is 12.9. The lowest BCUT2D eigenvalue weighted by Gasteiger charge is -2.22. The molecule has 0 fully saturated rings. The van der Waals surface area contributed by atoms with Gasteiger partial charge >= 0.3 is 0 Å². The maximum Gasteiger partial charge on any atom is 0.160 e. The van der Waals surface area contributed by atoms with Crippen molar-refractivity contribution in [2.24, 2.45) is 0 Å². The molecule has 11 aromatic rings. The van der Waals surface area contributed by atoms with Crippen LogP contribution < -0.4 is 0 Å². The largest absolute Gasteiger partial charge is 0.228 e. The molecule has 0 amide bonds. The molecule has 0 saturated heterocycles. The minimum absolute atomic E-state index is 0.109. The number of aromatic nitrogens is 2. The highest BCUT2D eigenvalue weighted by Crippen LogP contribution is 2.50. The SMILES string of the molecule is CC1(C)c2ccccc2-c2ccc(-c3cc(-c4ccc(-c5ccc(-c6c7ccccc7cc7c6ccc6ccccc67)cc5)c5ccccc45)nc(-c4ccccc4)n3)cc21. The summed E-state index contributed by atoms with van der Waals surface area (Å²) in [6.07, 6.45) is 0. The van der Waals surface area contributed by atoms with E-state index in [2.05, 4.69) is 214 Å². The fourth-order valence-electron chi connectivity index (χ4n) is 10.0. The van der Waals surface area contributed by atoms with Crippen LogP contribution in [0, 0.1) is 0 Å². The molecule has 1 aromatic heterocycles. The average Bonchev–Trinajstić information content (AvgIpc) is 3.55. The van der Waals surface area contributed by atoms with Crippen LogP contribution in [-0.4, -0.2) is 9.97 Å². The van der Waals surface area contributed by atoms with Gasteiger partial charge in [-0.25, -0.2) is 9.97 Å². The summed E-state index contributed by atoms with van der Waals surface area (Å²) in [6, 6.07) is 75.0. The Labute approximate surface area is 355 Å². The van der Waals surface area contributed by atoms with Gasteiger partial charge in [-0.3, -0.25) is 0 Å². The lowest BCUT2D eigenvalue weighted by atomic mass is 9.82. The third-order valence-corrected chi connectivity index (χ3v) is 13.1. The molecule has 1 heterocycles. The summed E-state index contributed by atoms with van der Waals surface area (Å²) in [5, 5.41) is 9.96. The lowest BCUT2D eigenvalue weighted by molar-refractivity contribution is 0.660. The van der Waals surface area contributed by atoms with Gasteiger partial charge in [-0.1, -0.05) is 202 Å². The van der Waals surface area contributed by atoms with Crippen LogP contribution in [0.5, 0.6) is 0 Å². The fourth-order valence-corrected chi connectivity index (χ4v) is 10.0. The molecule has 61 heavy (non-hydrogen) atoms. The molecule has 0 N–H and O–H groups in total. The van der Waals surface area contributed by atoms with Crippen LogP contribution in [0.3, 0.4) is 0 Å². The van der Waals surface area contributed by atoms with E-state index in [1.54, 1.807) is 0 Å². The first-order valence-electron chi connectivity index (χ1n) is 21.1. The van der Waals surface area contributed by atoms with E-state index < -0.39 is 0 Å². The molecular weight excluding hydrogens is 737 g/mol. The summed E-state index contributed by atoms with van der Waals surface area (Å²) in [7, 11) is 0. The number of hydrogen-bond acceptors (Lipinski definition) is 2. The van der Waals surface area contributed by atoms with Crippen LogP contribution in [0.1, 0.15) is 25.0 Å². The molecule has 0 radical (unpaired) electrons. The Balaban J connectivity index is 0.982. The minimum Gasteiger partial charge on any atom is -0.228 e. The van der Waals surface area contributed by atoms with Crippen LogP contribution >= 0.6 is 0 Å². The second-order valence-corrected chi connectivity index (χ2v) is 16.9. The second kappa shape index (κ2) is 13.7. The van der Waals surface area contributed by atoms with E-state index >= 15 is 0 Å². The summed E-state index contributed by atoms with van der Waals surface area (Å²) in [4.78, 5) is 10.5. The second-order valence-electron chi connectivity index (χ2n) is 16.9. The molecule has 0 saturated carbocycles. The predicted octanol–water partition coefficient (Wildman–Crippen LogP) is 15.7. The average molecular weight is 777 g/mol. The summed E-state index contributed by atoms with van der Waals surface area (Å²) < 4.78 is 0. The van der Waals surface area contributed by atoms with Crippen LogP contribution in [0.15, 0.2) is 206 Å². The Morgan fingerprint density at radius 3 is 1.72 bits per heavy atom. The Hall–Kier alpha value is -7.68. The van der Waals surface area contributed by atoms with Crippen LogP contribution in [0.25, 0.3) is 110 Å². The van der Waals surface area contributed by atoms with E-state index in [4.69, 9.17) is 9.97 Å². The van der Waals surface area contributed by atoms with Crippen LogP contribution in [0.2, 0.25) is 0 Å². The molecule has 2 nitrogen and oxygen atoms in total. The number of rotatable bonds is 5. The third-order valence-electron chi connectivity index (χ3n) is 13.1. The Morgan fingerprint density at radius 1 is 0.311 bits per heavy atom. The standard InChI is InChI=1S/C59H40N2/c1-59(2)53-23-13-12-22-48(53)49-30-29-42(35-54(49)59)55-36-56(61-58(60-55)40-15-4-3-5-16-40)50-33-32-44(46-20-10-11-21-47(46)50)38-24-26-39(27-25-38)57-45-19-9-7-17-41(45)34-52-43-18-8-6-14-37(43)28-31-51(52)57/h3-36H,1-2H3. The van der Waals surface area contributed by atoms with E-state index in [-0.39, 0.29) is 5.41 Å². The number of nitrogens with zero attached hydrogens (tertiary/aromatic N) is 2. The zero-order chi connectivity index (χ0) is 40.7. The fraction of sp³-hybridized carbons (Fsp3) is 0.0508. The third kappa shape index (κ3) is 5.64. The summed E-state index contributed by atoms with van der Waals surface area (Å²) >= 11 is 0. The quantitative estimate of drug-likeness (QED) is 0.128. The van der Waals surface area contributed by atoms with Crippen molar-refractivity contribution in [1.29, 1.82) is 0 Å². The van der Waals surface area contributed by atoms with E-state index in [1.807, 2.05) is 6.07 Å². The molecule has 0 atom stereocenters. The van der Waals surface area contributed by atoms with Gasteiger partial charge < -0.3 is 0 Å². The number of fused-ring (bicyclic) bond motifs is 8. The molecule has 1 aliphatic carbocycles. The monoisotopic (exact) mass is 776 g/mol. The molecule has 2 heteroatoms. The van der Waals surface area contributed by atoms with E-state index in [9.17, 15) is 0 Å². The molecule has 0 bridgehead atoms. The minimum atomic E-state index is -0.109. The molecule has 0 spiro atoms. The topological polar surface area (TPSA) is 25.8 Å². The highest BCUT2D eigenvalue weighted by Gasteiger charge is 2.35. The zero-order valence-corrected chi connectivity index (χ0v) is 34.0. The van der Waals surface area contributed by atoms with Crippen molar-refractivity contribution >= 4 is 43.1 Å². The van der Waals surface area contributed by atoms with Gasteiger partial charge in [0.2, 0.25) is 0 Å². The van der Waals surface area contributed by atoms with Crippen LogP contribution in [-0.2, 0) is 5.41 Å². The molecule has 1 aliphatic rings. The Morgan fingerprint density at radius 2 is 0.902 bits per heavy atom. The van der Waals surface area contributed by atoms with E-state index in [0.29, 0.717) is 5.82 Å². The van der Waals surface area contributed by atoms with Crippen molar-refractivity contribution in [3.05, 3.63) is 217 Å². The maximum atomic E-state index is 5.29. The Bertz CT molecular complexity index is 3540. The van der Waals surface area contributed by atoms with Crippen molar-refractivity contribution < 1.29 is 0 Å². The molecule has 286 valence electrons. The van der Waals surface area contributed by atoms with Gasteiger partial charge in [0.1, 0.15) is 0 Å². The summed E-state index contributed by atoms with van der Waals surface area (Å²) in [5.41, 5.74) is 15.0. The van der Waals surface area contributed by atoms with E-state index in [0.717, 1.165) is 33.5 Å². The smallest absolute Gasteiger partial charge is 0.160 e. The highest BCUT2D eigenvalue weighted by atomic mass is 14.9. The maximum absolute atomic E-state index is 5.29. The van der Waals surface area contributed by atoms with Gasteiger partial charge in [0.05, 0.1) is 11.4 Å². The predicted molar refractivity (Wildman–Crippen MR) is 257 cm³/mol. The molecule has 10 aromatic carbocycles. The van der Waals surface area contributed by atoms with Crippen molar-refractivity contribution in [3.8, 4) is 67.3 Å². The van der Waals surface area contributed by atoms with Gasteiger partial charge in [-0.15, -0.1) is 0 Å². The first-order chi connectivity index (χ1) is 30.0. The highest BCUT2D eigenvalue weighted by molar-refractivity contribution is 6.20. The van der Waals surface area contributed by atoms with Gasteiger partial charge in [-0.2, -0.15) is 0 Å². The Kier molecular flexibility index (Phi) is 7.92. The van der Waals surface area contributed by atoms with Crippen molar-refractivity contribution in [3.63, 3.8) is 0 Å². The number of hydrogen-bond donors (Lipinski definition) is 0. The van der Waals surface area contributed by atoms with E-state index in [1.165, 1.54) is 82.2 Å². The van der Waals surface area contributed by atoms with Gasteiger partial charge in [0.25, 0.3) is 0 Å². The lowest BCUT2D eigenvalue weighted by Crippen LogP contribution is -2.14. The number of benzene rings is 10. The van der Waals surface area contributed by atoms with Gasteiger partial charge in [-0.05, 0) is 106 Å². The molecule has 0 unspecified atom stereocenters. The van der Waals surface area contributed by atoms with Crippen LogP contribution in [0.4, 0.5) is 0 Å². The first-order valence-corrected chi connectivity index (χ1v) is 21.1. The first kappa shape index (κ1) is 35.3. The van der Waals surface area contributed by atoms with Crippen molar-refractivity contribution in [2.75, 3.05) is 0 Å². The van der Waals surface area contributed by atoms with Crippen molar-refractivity contribution in [2.45, 2.75) is 19.3 Å². The zero-order valence-electron chi connectivity index (χ0n) is 34.0. The summed E-state index contributed by atoms with van der Waals surface area (Å²) in [5.74, 6) is 0.717. The molecular formula is C59H40N2.